The van der Waals surface area contributed by atoms with Crippen molar-refractivity contribution in [3.8, 4) is 22.6 Å². The summed E-state index contributed by atoms with van der Waals surface area (Å²) in [7, 11) is -6.45. The van der Waals surface area contributed by atoms with Crippen LogP contribution < -0.4 is 9.08 Å². The number of phenolic OH excluding ortho intramolecular Hbond substituents is 1. The number of anilines is 1. The molecule has 1 N–H and O–H groups in total. The van der Waals surface area contributed by atoms with Crippen molar-refractivity contribution >= 4 is 26.5 Å². The minimum absolute atomic E-state index is 0.0656. The van der Waals surface area contributed by atoms with E-state index in [9.17, 15) is 21.9 Å². The van der Waals surface area contributed by atoms with Gasteiger partial charge in [-0.3, -0.25) is 0 Å². The van der Waals surface area contributed by atoms with Crippen LogP contribution in [0.3, 0.4) is 0 Å². The summed E-state index contributed by atoms with van der Waals surface area (Å²) in [5.41, 5.74) is 2.47. The number of thiol groups is 1. The molecule has 0 aromatic heterocycles. The zero-order chi connectivity index (χ0) is 22.3. The van der Waals surface area contributed by atoms with E-state index in [-0.39, 0.29) is 36.1 Å². The summed E-state index contributed by atoms with van der Waals surface area (Å²) < 4.78 is 52.1. The molecular formula is C22H23NO6S2. The second-order valence-corrected chi connectivity index (χ2v) is 9.60. The number of benzene rings is 3. The molecule has 3 aromatic rings. The Morgan fingerprint density at radius 1 is 0.806 bits per heavy atom. The van der Waals surface area contributed by atoms with Gasteiger partial charge < -0.3 is 14.2 Å². The molecule has 0 spiro atoms. The number of aromatic hydroxyl groups is 1. The fourth-order valence-corrected chi connectivity index (χ4v) is 4.31. The van der Waals surface area contributed by atoms with Crippen LogP contribution in [0.4, 0.5) is 5.69 Å². The third-order valence-electron chi connectivity index (χ3n) is 4.56. The van der Waals surface area contributed by atoms with Gasteiger partial charge in [0.15, 0.2) is 0 Å². The van der Waals surface area contributed by atoms with Gasteiger partial charge in [0.2, 0.25) is 0 Å². The summed E-state index contributed by atoms with van der Waals surface area (Å²) in [4.78, 5) is 1.71. The predicted molar refractivity (Wildman–Crippen MR) is 122 cm³/mol. The Morgan fingerprint density at radius 3 is 1.97 bits per heavy atom. The molecule has 0 fully saturated rings. The van der Waals surface area contributed by atoms with Gasteiger partial charge in [-0.1, -0.05) is 42.5 Å². The molecule has 0 atom stereocenters. The van der Waals surface area contributed by atoms with E-state index in [1.54, 1.807) is 77.7 Å². The lowest BCUT2D eigenvalue weighted by atomic mass is 10.1. The van der Waals surface area contributed by atoms with E-state index in [4.69, 9.17) is 4.18 Å². The molecule has 0 heterocycles. The average molecular weight is 462 g/mol. The van der Waals surface area contributed by atoms with Crippen molar-refractivity contribution in [3.63, 3.8) is 0 Å². The van der Waals surface area contributed by atoms with Crippen molar-refractivity contribution in [2.45, 2.75) is 0 Å². The van der Waals surface area contributed by atoms with Crippen molar-refractivity contribution in [2.75, 3.05) is 29.5 Å². The van der Waals surface area contributed by atoms with E-state index in [1.807, 2.05) is 6.07 Å². The normalized spacial score (nSPS) is 11.4. The third kappa shape index (κ3) is 7.01. The van der Waals surface area contributed by atoms with Gasteiger partial charge in [0, 0.05) is 18.8 Å². The lowest BCUT2D eigenvalue weighted by Gasteiger charge is -2.23. The number of hydrogen-bond donors (Lipinski definition) is 2. The second kappa shape index (κ2) is 10.3. The Hall–Kier alpha value is -3.04. The summed E-state index contributed by atoms with van der Waals surface area (Å²) in [6.07, 6.45) is 0. The first-order valence-corrected chi connectivity index (χ1v) is 12.5. The molecule has 0 radical (unpaired) electrons. The highest BCUT2D eigenvalue weighted by molar-refractivity contribution is 7.87. The molecule has 0 aliphatic rings. The first-order valence-electron chi connectivity index (χ1n) is 9.56. The zero-order valence-corrected chi connectivity index (χ0v) is 18.3. The van der Waals surface area contributed by atoms with Crippen LogP contribution >= 0.6 is 0 Å². The zero-order valence-electron chi connectivity index (χ0n) is 16.6. The molecule has 31 heavy (non-hydrogen) atoms. The van der Waals surface area contributed by atoms with Crippen LogP contribution in [0.1, 0.15) is 0 Å². The molecule has 164 valence electrons. The van der Waals surface area contributed by atoms with E-state index in [2.05, 4.69) is 0 Å². The minimum Gasteiger partial charge on any atom is -0.508 e. The van der Waals surface area contributed by atoms with Crippen LogP contribution in [-0.4, -0.2) is 46.5 Å². The van der Waals surface area contributed by atoms with Gasteiger partial charge in [0.1, 0.15) is 28.0 Å². The molecule has 3 aromatic carbocycles. The highest BCUT2D eigenvalue weighted by Gasteiger charge is 2.17. The van der Waals surface area contributed by atoms with E-state index in [0.29, 0.717) is 0 Å². The average Bonchev–Trinajstić information content (AvgIpc) is 2.75. The Kier molecular flexibility index (Phi) is 7.54. The summed E-state index contributed by atoms with van der Waals surface area (Å²) >= 11 is 0. The van der Waals surface area contributed by atoms with E-state index in [1.165, 1.54) is 0 Å². The predicted octanol–water partition coefficient (Wildman–Crippen LogP) is 2.89. The quantitative estimate of drug-likeness (QED) is 0.354. The van der Waals surface area contributed by atoms with Gasteiger partial charge in [-0.2, -0.15) is 8.42 Å². The molecule has 0 amide bonds. The van der Waals surface area contributed by atoms with Gasteiger partial charge in [-0.15, -0.1) is 0 Å². The third-order valence-corrected chi connectivity index (χ3v) is 6.26. The van der Waals surface area contributed by atoms with Crippen molar-refractivity contribution in [3.05, 3.63) is 78.9 Å². The fourth-order valence-electron chi connectivity index (χ4n) is 2.98. The smallest absolute Gasteiger partial charge is 0.310 e. The maximum atomic E-state index is 12.5. The molecule has 0 unspecified atom stereocenters. The van der Waals surface area contributed by atoms with Gasteiger partial charge in [-0.05, 0) is 47.5 Å². The standard InChI is InChI=1S/C22H23NO6S2/c24-21-10-6-18(7-11-21)19-8-12-22(13-9-19)29-31(27,28)17-15-23(14-16-30(25)26)20-4-2-1-3-5-20/h1-13,24,30H,14-17H2. The SMILES string of the molecule is O=[SH](=O)CCN(CCS(=O)(=O)Oc1ccc(-c2ccc(O)cc2)cc1)c1ccccc1. The molecule has 3 rings (SSSR count). The lowest BCUT2D eigenvalue weighted by Crippen LogP contribution is -2.33. The molecule has 0 aliphatic carbocycles. The maximum absolute atomic E-state index is 12.5. The lowest BCUT2D eigenvalue weighted by molar-refractivity contribution is 0.475. The van der Waals surface area contributed by atoms with Crippen LogP contribution in [-0.2, 0) is 20.8 Å². The number of rotatable bonds is 10. The van der Waals surface area contributed by atoms with Gasteiger partial charge in [0.05, 0.1) is 5.75 Å². The highest BCUT2D eigenvalue weighted by Crippen LogP contribution is 2.25. The number of phenols is 1. The van der Waals surface area contributed by atoms with Crippen molar-refractivity contribution < 1.29 is 26.1 Å². The molecule has 0 bridgehead atoms. The van der Waals surface area contributed by atoms with Gasteiger partial charge in [-0.25, -0.2) is 8.42 Å². The number of hydrogen-bond acceptors (Lipinski definition) is 7. The topological polar surface area (TPSA) is 101 Å². The fraction of sp³-hybridized carbons (Fsp3) is 0.182. The van der Waals surface area contributed by atoms with E-state index in [0.717, 1.165) is 16.8 Å². The molecule has 0 saturated heterocycles. The van der Waals surface area contributed by atoms with Crippen molar-refractivity contribution in [2.24, 2.45) is 0 Å². The molecule has 0 saturated carbocycles. The van der Waals surface area contributed by atoms with Gasteiger partial charge >= 0.3 is 10.1 Å². The molecule has 7 nitrogen and oxygen atoms in total. The second-order valence-electron chi connectivity index (χ2n) is 6.80. The summed E-state index contributed by atoms with van der Waals surface area (Å²) in [5.74, 6) is -0.000861. The summed E-state index contributed by atoms with van der Waals surface area (Å²) in [6, 6.07) is 22.3. The van der Waals surface area contributed by atoms with Crippen LogP contribution in [0.5, 0.6) is 11.5 Å². The van der Waals surface area contributed by atoms with Crippen LogP contribution in [0.2, 0.25) is 0 Å². The first kappa shape index (κ1) is 22.6. The minimum atomic E-state index is -3.89. The maximum Gasteiger partial charge on any atom is 0.310 e. The Labute approximate surface area is 183 Å². The van der Waals surface area contributed by atoms with E-state index < -0.39 is 20.8 Å². The monoisotopic (exact) mass is 461 g/mol. The van der Waals surface area contributed by atoms with Crippen molar-refractivity contribution in [1.82, 2.24) is 0 Å². The largest absolute Gasteiger partial charge is 0.508 e. The molecular weight excluding hydrogens is 438 g/mol. The highest BCUT2D eigenvalue weighted by atomic mass is 32.2. The Balaban J connectivity index is 1.64. The van der Waals surface area contributed by atoms with E-state index >= 15 is 0 Å². The summed E-state index contributed by atoms with van der Waals surface area (Å²) in [5, 5.41) is 9.38. The van der Waals surface area contributed by atoms with Crippen LogP contribution in [0.25, 0.3) is 11.1 Å². The van der Waals surface area contributed by atoms with Crippen LogP contribution in [0.15, 0.2) is 78.9 Å². The van der Waals surface area contributed by atoms with Crippen LogP contribution in [0, 0.1) is 0 Å². The molecule has 9 heteroatoms. The Morgan fingerprint density at radius 2 is 1.39 bits per heavy atom. The molecule has 0 aliphatic heterocycles. The van der Waals surface area contributed by atoms with Gasteiger partial charge in [0.25, 0.3) is 0 Å². The Bertz CT molecular complexity index is 1150. The number of para-hydroxylation sites is 1. The summed E-state index contributed by atoms with van der Waals surface area (Å²) in [6.45, 7) is 0.292. The van der Waals surface area contributed by atoms with Crippen molar-refractivity contribution in [1.29, 1.82) is 0 Å². The first-order chi connectivity index (χ1) is 14.8. The number of nitrogens with zero attached hydrogens (tertiary/aromatic N) is 1.